The van der Waals surface area contributed by atoms with Crippen LogP contribution in [0.1, 0.15) is 6.92 Å². The Morgan fingerprint density at radius 3 is 2.61 bits per heavy atom. The second-order valence-corrected chi connectivity index (χ2v) is 5.13. The fraction of sp³-hybridized carbons (Fsp3) is 0.462. The van der Waals surface area contributed by atoms with E-state index in [4.69, 9.17) is 11.6 Å². The van der Waals surface area contributed by atoms with Crippen molar-refractivity contribution in [2.75, 3.05) is 43.4 Å². The van der Waals surface area contributed by atoms with Crippen LogP contribution in [0.15, 0.2) is 24.5 Å². The summed E-state index contributed by atoms with van der Waals surface area (Å²) in [5.74, 6) is 0.872. The van der Waals surface area contributed by atoms with Gasteiger partial charge in [-0.2, -0.15) is 0 Å². The number of nitrogens with one attached hydrogen (secondary N) is 1. The highest BCUT2D eigenvalue weighted by atomic mass is 35.5. The van der Waals surface area contributed by atoms with Crippen molar-refractivity contribution in [3.05, 3.63) is 29.6 Å². The van der Waals surface area contributed by atoms with Crippen molar-refractivity contribution in [3.8, 4) is 0 Å². The molecular formula is C13H19ClN4. The van der Waals surface area contributed by atoms with Crippen molar-refractivity contribution in [2.24, 2.45) is 0 Å². The first-order valence-corrected chi connectivity index (χ1v) is 6.45. The number of allylic oxidation sites excluding steroid dienone is 1. The van der Waals surface area contributed by atoms with Gasteiger partial charge in [-0.25, -0.2) is 4.98 Å². The molecule has 0 amide bonds. The van der Waals surface area contributed by atoms with Crippen LogP contribution in [0, 0.1) is 0 Å². The first-order valence-electron chi connectivity index (χ1n) is 6.08. The third-order valence-corrected chi connectivity index (χ3v) is 3.26. The van der Waals surface area contributed by atoms with Crippen molar-refractivity contribution in [1.82, 2.24) is 9.88 Å². The van der Waals surface area contributed by atoms with Gasteiger partial charge in [0.25, 0.3) is 0 Å². The molecule has 5 heteroatoms. The van der Waals surface area contributed by atoms with E-state index < -0.39 is 0 Å². The predicted octanol–water partition coefficient (Wildman–Crippen LogP) is 2.43. The molecule has 0 atom stereocenters. The maximum atomic E-state index is 6.30. The van der Waals surface area contributed by atoms with Gasteiger partial charge in [-0.15, -0.1) is 0 Å². The van der Waals surface area contributed by atoms with Gasteiger partial charge in [0, 0.05) is 31.9 Å². The van der Waals surface area contributed by atoms with Crippen LogP contribution < -0.4 is 10.2 Å². The van der Waals surface area contributed by atoms with E-state index in [1.165, 1.54) is 0 Å². The standard InChI is InChI=1S/C13H19ClN4/c1-10(2)16-11-8-12(14)13(15-9-11)18-6-4-17(3)5-7-18/h8-9,16H,1,4-7H2,2-3H3. The number of rotatable bonds is 3. The lowest BCUT2D eigenvalue weighted by Gasteiger charge is -2.33. The molecule has 1 aromatic heterocycles. The van der Waals surface area contributed by atoms with Crippen molar-refractivity contribution in [3.63, 3.8) is 0 Å². The molecule has 18 heavy (non-hydrogen) atoms. The molecule has 0 spiro atoms. The Balaban J connectivity index is 2.12. The van der Waals surface area contributed by atoms with E-state index >= 15 is 0 Å². The number of hydrogen-bond donors (Lipinski definition) is 1. The van der Waals surface area contributed by atoms with Crippen molar-refractivity contribution in [1.29, 1.82) is 0 Å². The monoisotopic (exact) mass is 266 g/mol. The highest BCUT2D eigenvalue weighted by Gasteiger charge is 2.17. The molecule has 0 aromatic carbocycles. The fourth-order valence-corrected chi connectivity index (χ4v) is 2.28. The summed E-state index contributed by atoms with van der Waals surface area (Å²) >= 11 is 6.30. The molecule has 98 valence electrons. The van der Waals surface area contributed by atoms with Gasteiger partial charge in [0.15, 0.2) is 0 Å². The number of anilines is 2. The van der Waals surface area contributed by atoms with Gasteiger partial charge < -0.3 is 15.1 Å². The molecule has 0 saturated carbocycles. The Labute approximate surface area is 113 Å². The smallest absolute Gasteiger partial charge is 0.147 e. The van der Waals surface area contributed by atoms with E-state index in [1.807, 2.05) is 13.0 Å². The van der Waals surface area contributed by atoms with Gasteiger partial charge in [-0.05, 0) is 20.0 Å². The van der Waals surface area contributed by atoms with Gasteiger partial charge in [-0.3, -0.25) is 0 Å². The van der Waals surface area contributed by atoms with E-state index in [2.05, 4.69) is 33.7 Å². The van der Waals surface area contributed by atoms with Gasteiger partial charge in [0.05, 0.1) is 16.9 Å². The van der Waals surface area contributed by atoms with Gasteiger partial charge in [0.1, 0.15) is 5.82 Å². The molecule has 0 aliphatic carbocycles. The first kappa shape index (κ1) is 13.2. The minimum atomic E-state index is 0.686. The first-order chi connectivity index (χ1) is 8.56. The highest BCUT2D eigenvalue weighted by molar-refractivity contribution is 6.33. The summed E-state index contributed by atoms with van der Waals surface area (Å²) in [6.45, 7) is 9.74. The van der Waals surface area contributed by atoms with Crippen LogP contribution >= 0.6 is 11.6 Å². The Morgan fingerprint density at radius 2 is 2.06 bits per heavy atom. The Morgan fingerprint density at radius 1 is 1.39 bits per heavy atom. The van der Waals surface area contributed by atoms with Gasteiger partial charge in [0.2, 0.25) is 0 Å². The van der Waals surface area contributed by atoms with E-state index in [-0.39, 0.29) is 0 Å². The maximum absolute atomic E-state index is 6.30. The Kier molecular flexibility index (Phi) is 4.09. The number of piperazine rings is 1. The summed E-state index contributed by atoms with van der Waals surface area (Å²) in [5, 5.41) is 3.80. The SMILES string of the molecule is C=C(C)Nc1cnc(N2CCN(C)CC2)c(Cl)c1. The summed E-state index contributed by atoms with van der Waals surface area (Å²) < 4.78 is 0. The third kappa shape index (κ3) is 3.15. The van der Waals surface area contributed by atoms with Crippen LogP contribution in [-0.2, 0) is 0 Å². The Bertz CT molecular complexity index is 439. The van der Waals surface area contributed by atoms with Crippen LogP contribution in [0.25, 0.3) is 0 Å². The van der Waals surface area contributed by atoms with Crippen molar-refractivity contribution in [2.45, 2.75) is 6.92 Å². The zero-order chi connectivity index (χ0) is 13.1. The zero-order valence-electron chi connectivity index (χ0n) is 10.9. The number of hydrogen-bond acceptors (Lipinski definition) is 4. The highest BCUT2D eigenvalue weighted by Crippen LogP contribution is 2.27. The predicted molar refractivity (Wildman–Crippen MR) is 77.4 cm³/mol. The summed E-state index contributed by atoms with van der Waals surface area (Å²) in [6.07, 6.45) is 1.80. The lowest BCUT2D eigenvalue weighted by molar-refractivity contribution is 0.312. The largest absolute Gasteiger partial charge is 0.358 e. The minimum Gasteiger partial charge on any atom is -0.358 e. The van der Waals surface area contributed by atoms with E-state index in [0.717, 1.165) is 43.4 Å². The Hall–Kier alpha value is -1.26. The molecule has 1 aliphatic heterocycles. The summed E-state index contributed by atoms with van der Waals surface area (Å²) in [7, 11) is 2.13. The quantitative estimate of drug-likeness (QED) is 0.911. The van der Waals surface area contributed by atoms with Gasteiger partial charge >= 0.3 is 0 Å². The number of aromatic nitrogens is 1. The maximum Gasteiger partial charge on any atom is 0.147 e. The normalized spacial score (nSPS) is 16.7. The van der Waals surface area contributed by atoms with Crippen LogP contribution in [0.5, 0.6) is 0 Å². The molecular weight excluding hydrogens is 248 g/mol. The summed E-state index contributed by atoms with van der Waals surface area (Å²) in [4.78, 5) is 8.99. The second-order valence-electron chi connectivity index (χ2n) is 4.73. The average Bonchev–Trinajstić information content (AvgIpc) is 2.30. The molecule has 1 fully saturated rings. The zero-order valence-corrected chi connectivity index (χ0v) is 11.7. The molecule has 2 heterocycles. The van der Waals surface area contributed by atoms with Crippen LogP contribution in [0.3, 0.4) is 0 Å². The molecule has 1 aromatic rings. The molecule has 0 bridgehead atoms. The molecule has 4 nitrogen and oxygen atoms in total. The van der Waals surface area contributed by atoms with E-state index in [9.17, 15) is 0 Å². The summed E-state index contributed by atoms with van der Waals surface area (Å²) in [6, 6.07) is 1.90. The molecule has 0 radical (unpaired) electrons. The number of pyridine rings is 1. The van der Waals surface area contributed by atoms with Gasteiger partial charge in [-0.1, -0.05) is 18.2 Å². The van der Waals surface area contributed by atoms with E-state index in [0.29, 0.717) is 5.02 Å². The lowest BCUT2D eigenvalue weighted by atomic mass is 10.3. The molecule has 2 rings (SSSR count). The average molecular weight is 267 g/mol. The number of likely N-dealkylation sites (N-methyl/N-ethyl adjacent to an activating group) is 1. The fourth-order valence-electron chi connectivity index (χ4n) is 2.00. The molecule has 0 unspecified atom stereocenters. The van der Waals surface area contributed by atoms with Crippen LogP contribution in [0.4, 0.5) is 11.5 Å². The molecule has 1 N–H and O–H groups in total. The third-order valence-electron chi connectivity index (χ3n) is 2.98. The summed E-state index contributed by atoms with van der Waals surface area (Å²) in [5.41, 5.74) is 1.76. The van der Waals surface area contributed by atoms with Crippen LogP contribution in [-0.4, -0.2) is 43.1 Å². The number of nitrogens with zero attached hydrogens (tertiary/aromatic N) is 3. The number of halogens is 1. The van der Waals surface area contributed by atoms with E-state index in [1.54, 1.807) is 6.20 Å². The van der Waals surface area contributed by atoms with Crippen molar-refractivity contribution >= 4 is 23.1 Å². The topological polar surface area (TPSA) is 31.4 Å². The minimum absolute atomic E-state index is 0.686. The molecule has 1 aliphatic rings. The molecule has 1 saturated heterocycles. The van der Waals surface area contributed by atoms with Crippen LogP contribution in [0.2, 0.25) is 5.02 Å². The lowest BCUT2D eigenvalue weighted by Crippen LogP contribution is -2.44. The van der Waals surface area contributed by atoms with Crippen molar-refractivity contribution < 1.29 is 0 Å². The second kappa shape index (κ2) is 5.59.